The zero-order valence-electron chi connectivity index (χ0n) is 13.1. The topological polar surface area (TPSA) is 52.6 Å². The summed E-state index contributed by atoms with van der Waals surface area (Å²) in [7, 11) is 0. The molecule has 0 atom stereocenters. The molecule has 0 radical (unpaired) electrons. The molecule has 0 spiro atoms. The Morgan fingerprint density at radius 2 is 1.50 bits per heavy atom. The number of rotatable bonds is 5. The van der Waals surface area contributed by atoms with E-state index in [1.54, 1.807) is 20.8 Å². The maximum atomic E-state index is 11.5. The summed E-state index contributed by atoms with van der Waals surface area (Å²) in [5, 5.41) is 0.194. The summed E-state index contributed by atoms with van der Waals surface area (Å²) in [6.07, 6.45) is 0.0899. The molecule has 1 aromatic carbocycles. The van der Waals surface area contributed by atoms with Gasteiger partial charge in [0.05, 0.1) is 18.2 Å². The largest absolute Gasteiger partial charge is 0.461 e. The average Bonchev–Trinajstić information content (AvgIpc) is 2.43. The van der Waals surface area contributed by atoms with Crippen molar-refractivity contribution in [2.45, 2.75) is 45.8 Å². The van der Waals surface area contributed by atoms with Gasteiger partial charge in [-0.3, -0.25) is 9.59 Å². The number of halogens is 2. The summed E-state index contributed by atoms with van der Waals surface area (Å²) >= 11 is 9.53. The molecule has 0 saturated heterocycles. The van der Waals surface area contributed by atoms with E-state index in [2.05, 4.69) is 0 Å². The molecule has 22 heavy (non-hydrogen) atoms. The number of alkyl halides is 2. The second-order valence-corrected chi connectivity index (χ2v) is 6.14. The van der Waals surface area contributed by atoms with Gasteiger partial charge in [-0.05, 0) is 26.3 Å². The lowest BCUT2D eigenvalue weighted by Gasteiger charge is -2.19. The summed E-state index contributed by atoms with van der Waals surface area (Å²) in [6, 6.07) is 9.41. The normalized spacial score (nSPS) is 10.2. The van der Waals surface area contributed by atoms with Crippen molar-refractivity contribution in [2.75, 3.05) is 5.34 Å². The second-order valence-electron chi connectivity index (χ2n) is 5.33. The molecule has 1 rings (SSSR count). The van der Waals surface area contributed by atoms with Gasteiger partial charge < -0.3 is 9.47 Å². The molecule has 4 nitrogen and oxygen atoms in total. The van der Waals surface area contributed by atoms with E-state index in [-0.39, 0.29) is 30.8 Å². The molecule has 0 aliphatic heterocycles. The zero-order valence-corrected chi connectivity index (χ0v) is 14.6. The number of hydrogen-bond donors (Lipinski definition) is 0. The molecule has 0 unspecified atom stereocenters. The van der Waals surface area contributed by atoms with Crippen LogP contribution in [0.2, 0.25) is 0 Å². The summed E-state index contributed by atoms with van der Waals surface area (Å²) in [4.78, 5) is 22.9. The van der Waals surface area contributed by atoms with Gasteiger partial charge in [0.1, 0.15) is 12.2 Å². The lowest BCUT2D eigenvalue weighted by molar-refractivity contribution is -0.158. The number of esters is 2. The molecule has 1 aromatic rings. The van der Waals surface area contributed by atoms with Crippen LogP contribution in [0.25, 0.3) is 0 Å². The van der Waals surface area contributed by atoms with Crippen LogP contribution in [-0.2, 0) is 25.7 Å². The van der Waals surface area contributed by atoms with Crippen LogP contribution in [-0.4, -0.2) is 22.9 Å². The Balaban J connectivity index is 0.00000135. The van der Waals surface area contributed by atoms with Crippen molar-refractivity contribution in [2.24, 2.45) is 0 Å². The van der Waals surface area contributed by atoms with E-state index < -0.39 is 11.6 Å². The molecule has 124 valence electrons. The summed E-state index contributed by atoms with van der Waals surface area (Å²) in [5.74, 6) is -0.779. The monoisotopic (exact) mass is 348 g/mol. The van der Waals surface area contributed by atoms with Gasteiger partial charge >= 0.3 is 11.9 Å². The van der Waals surface area contributed by atoms with Crippen molar-refractivity contribution in [1.29, 1.82) is 0 Å². The Morgan fingerprint density at radius 3 is 2.00 bits per heavy atom. The molecule has 0 aromatic heterocycles. The van der Waals surface area contributed by atoms with Crippen LogP contribution in [0.1, 0.15) is 39.2 Å². The highest BCUT2D eigenvalue weighted by atomic mass is 35.5. The van der Waals surface area contributed by atoms with Gasteiger partial charge in [0.2, 0.25) is 0 Å². The van der Waals surface area contributed by atoms with E-state index in [1.165, 1.54) is 0 Å². The van der Waals surface area contributed by atoms with Crippen molar-refractivity contribution < 1.29 is 19.1 Å². The fourth-order valence-corrected chi connectivity index (χ4v) is 1.41. The predicted molar refractivity (Wildman–Crippen MR) is 87.9 cm³/mol. The maximum absolute atomic E-state index is 11.5. The van der Waals surface area contributed by atoms with E-state index in [4.69, 9.17) is 32.7 Å². The van der Waals surface area contributed by atoms with Crippen LogP contribution in [0.15, 0.2) is 30.3 Å². The van der Waals surface area contributed by atoms with Crippen LogP contribution in [0.5, 0.6) is 0 Å². The van der Waals surface area contributed by atoms with Crippen molar-refractivity contribution in [3.63, 3.8) is 0 Å². The molecule has 0 bridgehead atoms. The first-order valence-corrected chi connectivity index (χ1v) is 7.88. The van der Waals surface area contributed by atoms with Gasteiger partial charge in [-0.2, -0.15) is 0 Å². The minimum absolute atomic E-state index is 0.0434. The molecule has 0 aliphatic rings. The summed E-state index contributed by atoms with van der Waals surface area (Å²) in [6.45, 7) is 5.60. The smallest absolute Gasteiger partial charge is 0.306 e. The Bertz CT molecular complexity index is 441. The van der Waals surface area contributed by atoms with Crippen molar-refractivity contribution in [3.05, 3.63) is 35.9 Å². The average molecular weight is 349 g/mol. The molecule has 0 amide bonds. The summed E-state index contributed by atoms with van der Waals surface area (Å²) in [5.41, 5.74) is 0.401. The van der Waals surface area contributed by atoms with Crippen LogP contribution < -0.4 is 0 Å². The fraction of sp³-hybridized carbons (Fsp3) is 0.500. The van der Waals surface area contributed by atoms with Crippen LogP contribution in [0, 0.1) is 0 Å². The van der Waals surface area contributed by atoms with E-state index in [9.17, 15) is 9.59 Å². The third-order valence-corrected chi connectivity index (χ3v) is 2.20. The molecular formula is C16H22Cl2O4. The third-order valence-electron chi connectivity index (χ3n) is 2.20. The minimum atomic E-state index is -0.523. The lowest BCUT2D eigenvalue weighted by Crippen LogP contribution is -2.24. The minimum Gasteiger partial charge on any atom is -0.461 e. The molecule has 0 N–H and O–H groups in total. The van der Waals surface area contributed by atoms with Gasteiger partial charge in [-0.15, -0.1) is 23.2 Å². The number of ether oxygens (including phenoxy) is 2. The first kappa shape index (κ1) is 20.7. The van der Waals surface area contributed by atoms with Crippen LogP contribution in [0.3, 0.4) is 0 Å². The van der Waals surface area contributed by atoms with Gasteiger partial charge in [-0.25, -0.2) is 0 Å². The highest BCUT2D eigenvalue weighted by molar-refractivity contribution is 6.40. The Morgan fingerprint density at radius 1 is 1.00 bits per heavy atom. The maximum Gasteiger partial charge on any atom is 0.306 e. The number of benzene rings is 1. The Labute approximate surface area is 141 Å². The van der Waals surface area contributed by atoms with Gasteiger partial charge in [0.25, 0.3) is 0 Å². The predicted octanol–water partition coefficient (Wildman–Crippen LogP) is 4.27. The zero-order chi connectivity index (χ0) is 17.0. The number of carbonyl (C=O) groups is 2. The molecular weight excluding hydrogens is 327 g/mol. The first-order valence-electron chi connectivity index (χ1n) is 6.82. The van der Waals surface area contributed by atoms with Gasteiger partial charge in [-0.1, -0.05) is 30.3 Å². The van der Waals surface area contributed by atoms with Gasteiger partial charge in [0, 0.05) is 0 Å². The number of carbonyl (C=O) groups excluding carboxylic acids is 2. The van der Waals surface area contributed by atoms with Gasteiger partial charge in [0.15, 0.2) is 0 Å². The molecule has 6 heteroatoms. The standard InChI is InChI=1S/C15H20O4.CH2Cl2/c1-15(2,3)19-14(17)10-9-13(16)18-11-12-7-5-4-6-8-12;2-1-3/h4-8H,9-11H2,1-3H3;1H2. The highest BCUT2D eigenvalue weighted by Crippen LogP contribution is 2.10. The van der Waals surface area contributed by atoms with Crippen molar-refractivity contribution >= 4 is 35.1 Å². The van der Waals surface area contributed by atoms with E-state index in [0.717, 1.165) is 5.56 Å². The number of hydrogen-bond acceptors (Lipinski definition) is 4. The summed E-state index contributed by atoms with van der Waals surface area (Å²) < 4.78 is 10.2. The van der Waals surface area contributed by atoms with Crippen molar-refractivity contribution in [1.82, 2.24) is 0 Å². The Kier molecular flexibility index (Phi) is 10.7. The molecule has 0 fully saturated rings. The second kappa shape index (κ2) is 11.3. The van der Waals surface area contributed by atoms with Crippen LogP contribution in [0.4, 0.5) is 0 Å². The lowest BCUT2D eigenvalue weighted by atomic mass is 10.2. The molecule has 0 aliphatic carbocycles. The molecule has 0 heterocycles. The van der Waals surface area contributed by atoms with Crippen molar-refractivity contribution in [3.8, 4) is 0 Å². The Hall–Kier alpha value is -1.26. The van der Waals surface area contributed by atoms with Crippen LogP contribution >= 0.6 is 23.2 Å². The quantitative estimate of drug-likeness (QED) is 0.588. The van der Waals surface area contributed by atoms with E-state index in [1.807, 2.05) is 30.3 Å². The highest BCUT2D eigenvalue weighted by Gasteiger charge is 2.17. The van der Waals surface area contributed by atoms with E-state index >= 15 is 0 Å². The fourth-order valence-electron chi connectivity index (χ4n) is 1.41. The third kappa shape index (κ3) is 12.5. The van der Waals surface area contributed by atoms with E-state index in [0.29, 0.717) is 0 Å². The first-order chi connectivity index (χ1) is 10.3. The SMILES string of the molecule is CC(C)(C)OC(=O)CCC(=O)OCc1ccccc1.ClCCl. The molecule has 0 saturated carbocycles.